The number of nitrogens with zero attached hydrogens (tertiary/aromatic N) is 2. The lowest BCUT2D eigenvalue weighted by atomic mass is 10.2. The maximum atomic E-state index is 12.7. The summed E-state index contributed by atoms with van der Waals surface area (Å²) in [5, 5.41) is 6.62. The predicted molar refractivity (Wildman–Crippen MR) is 105 cm³/mol. The molecule has 3 rings (SSSR count). The van der Waals surface area contributed by atoms with Gasteiger partial charge in [-0.3, -0.25) is 0 Å². The number of hydrogen-bond donors (Lipinski definition) is 2. The highest BCUT2D eigenvalue weighted by Gasteiger charge is 2.25. The molecule has 26 heavy (non-hydrogen) atoms. The number of guanidine groups is 1. The Balaban J connectivity index is 1.61. The summed E-state index contributed by atoms with van der Waals surface area (Å²) in [6, 6.07) is 7.15. The fraction of sp³-hybridized carbons (Fsp3) is 0.632. The lowest BCUT2D eigenvalue weighted by Gasteiger charge is -2.25. The van der Waals surface area contributed by atoms with Crippen molar-refractivity contribution in [1.82, 2.24) is 14.9 Å². The molecule has 0 unspecified atom stereocenters. The molecule has 0 amide bonds. The molecule has 144 valence electrons. The van der Waals surface area contributed by atoms with Gasteiger partial charge in [0.25, 0.3) is 0 Å². The van der Waals surface area contributed by atoms with Gasteiger partial charge in [-0.1, -0.05) is 18.6 Å². The molecule has 1 saturated heterocycles. The van der Waals surface area contributed by atoms with Gasteiger partial charge in [0.2, 0.25) is 10.0 Å². The third kappa shape index (κ3) is 5.20. The third-order valence-corrected chi connectivity index (χ3v) is 6.81. The Bertz CT molecular complexity index is 706. The van der Waals surface area contributed by atoms with Gasteiger partial charge >= 0.3 is 0 Å². The Labute approximate surface area is 157 Å². The Morgan fingerprint density at radius 3 is 2.42 bits per heavy atom. The monoisotopic (exact) mass is 378 g/mol. The van der Waals surface area contributed by atoms with Gasteiger partial charge in [-0.05, 0) is 56.2 Å². The van der Waals surface area contributed by atoms with Crippen molar-refractivity contribution in [2.75, 3.05) is 26.2 Å². The first-order valence-corrected chi connectivity index (χ1v) is 11.1. The van der Waals surface area contributed by atoms with E-state index in [1.165, 1.54) is 12.8 Å². The predicted octanol–water partition coefficient (Wildman–Crippen LogP) is 2.33. The maximum absolute atomic E-state index is 12.7. The van der Waals surface area contributed by atoms with Gasteiger partial charge in [0, 0.05) is 26.2 Å². The summed E-state index contributed by atoms with van der Waals surface area (Å²) in [7, 11) is -3.36. The largest absolute Gasteiger partial charge is 0.357 e. The van der Waals surface area contributed by atoms with Crippen LogP contribution in [0.25, 0.3) is 0 Å². The highest BCUT2D eigenvalue weighted by Crippen LogP contribution is 2.27. The van der Waals surface area contributed by atoms with Gasteiger partial charge in [0.05, 0.1) is 11.4 Å². The third-order valence-electron chi connectivity index (χ3n) is 4.90. The smallest absolute Gasteiger partial charge is 0.243 e. The van der Waals surface area contributed by atoms with Crippen LogP contribution in [-0.2, 0) is 16.6 Å². The molecule has 0 atom stereocenters. The zero-order valence-corrected chi connectivity index (χ0v) is 16.4. The zero-order chi connectivity index (χ0) is 18.4. The summed E-state index contributed by atoms with van der Waals surface area (Å²) in [6.45, 7) is 5.64. The highest BCUT2D eigenvalue weighted by molar-refractivity contribution is 7.89. The second-order valence-corrected chi connectivity index (χ2v) is 9.07. The summed E-state index contributed by atoms with van der Waals surface area (Å²) < 4.78 is 27.0. The fourth-order valence-corrected chi connectivity index (χ4v) is 4.61. The molecule has 1 heterocycles. The van der Waals surface area contributed by atoms with E-state index in [-0.39, 0.29) is 0 Å². The van der Waals surface area contributed by atoms with E-state index >= 15 is 0 Å². The van der Waals surface area contributed by atoms with Crippen LogP contribution in [0.5, 0.6) is 0 Å². The number of benzene rings is 1. The van der Waals surface area contributed by atoms with Crippen molar-refractivity contribution >= 4 is 16.0 Å². The average Bonchev–Trinajstić information content (AvgIpc) is 3.49. The van der Waals surface area contributed by atoms with Gasteiger partial charge in [-0.25, -0.2) is 13.4 Å². The lowest BCUT2D eigenvalue weighted by Crippen LogP contribution is -2.38. The van der Waals surface area contributed by atoms with Crippen molar-refractivity contribution < 1.29 is 8.42 Å². The minimum Gasteiger partial charge on any atom is -0.357 e. The SMILES string of the molecule is CCNC(=NCc1ccc(S(=O)(=O)N2CCCCC2)cc1)NCC1CC1. The molecule has 1 aromatic carbocycles. The first-order chi connectivity index (χ1) is 12.6. The van der Waals surface area contributed by atoms with E-state index in [1.807, 2.05) is 12.1 Å². The highest BCUT2D eigenvalue weighted by atomic mass is 32.2. The van der Waals surface area contributed by atoms with Crippen molar-refractivity contribution in [3.8, 4) is 0 Å². The van der Waals surface area contributed by atoms with Gasteiger partial charge in [0.15, 0.2) is 5.96 Å². The van der Waals surface area contributed by atoms with Crippen LogP contribution in [0.15, 0.2) is 34.2 Å². The van der Waals surface area contributed by atoms with Gasteiger partial charge in [-0.2, -0.15) is 4.31 Å². The molecule has 0 radical (unpaired) electrons. The maximum Gasteiger partial charge on any atom is 0.243 e. The molecule has 0 spiro atoms. The Kier molecular flexibility index (Phi) is 6.53. The van der Waals surface area contributed by atoms with Gasteiger partial charge in [0.1, 0.15) is 0 Å². The van der Waals surface area contributed by atoms with Crippen molar-refractivity contribution in [2.45, 2.75) is 50.5 Å². The van der Waals surface area contributed by atoms with Gasteiger partial charge in [-0.15, -0.1) is 0 Å². The van der Waals surface area contributed by atoms with Crippen LogP contribution in [0.2, 0.25) is 0 Å². The summed E-state index contributed by atoms with van der Waals surface area (Å²) in [6.07, 6.45) is 5.63. The number of nitrogens with one attached hydrogen (secondary N) is 2. The molecule has 2 fully saturated rings. The minimum atomic E-state index is -3.36. The molecule has 1 aromatic rings. The molecule has 0 bridgehead atoms. The van der Waals surface area contributed by atoms with Gasteiger partial charge < -0.3 is 10.6 Å². The second kappa shape index (κ2) is 8.86. The van der Waals surface area contributed by atoms with E-state index in [4.69, 9.17) is 0 Å². The van der Waals surface area contributed by atoms with Crippen LogP contribution < -0.4 is 10.6 Å². The van der Waals surface area contributed by atoms with E-state index in [0.29, 0.717) is 24.5 Å². The van der Waals surface area contributed by atoms with E-state index in [0.717, 1.165) is 49.8 Å². The Morgan fingerprint density at radius 2 is 1.81 bits per heavy atom. The van der Waals surface area contributed by atoms with Crippen LogP contribution in [0, 0.1) is 5.92 Å². The van der Waals surface area contributed by atoms with Crippen LogP contribution >= 0.6 is 0 Å². The Morgan fingerprint density at radius 1 is 1.12 bits per heavy atom. The molecule has 0 aromatic heterocycles. The molecular formula is C19H30N4O2S. The van der Waals surface area contributed by atoms with Crippen molar-refractivity contribution in [3.63, 3.8) is 0 Å². The van der Waals surface area contributed by atoms with Crippen molar-refractivity contribution in [3.05, 3.63) is 29.8 Å². The lowest BCUT2D eigenvalue weighted by molar-refractivity contribution is 0.346. The van der Waals surface area contributed by atoms with Crippen LogP contribution in [0.4, 0.5) is 0 Å². The first kappa shape index (κ1) is 19.2. The van der Waals surface area contributed by atoms with Crippen molar-refractivity contribution in [2.24, 2.45) is 10.9 Å². The van der Waals surface area contributed by atoms with E-state index in [1.54, 1.807) is 16.4 Å². The molecule has 7 heteroatoms. The first-order valence-electron chi connectivity index (χ1n) is 9.71. The number of hydrogen-bond acceptors (Lipinski definition) is 3. The van der Waals surface area contributed by atoms with Crippen LogP contribution in [-0.4, -0.2) is 44.9 Å². The molecule has 6 nitrogen and oxygen atoms in total. The summed E-state index contributed by atoms with van der Waals surface area (Å²) >= 11 is 0. The fourth-order valence-electron chi connectivity index (χ4n) is 3.10. The van der Waals surface area contributed by atoms with Crippen LogP contribution in [0.1, 0.15) is 44.6 Å². The summed E-state index contributed by atoms with van der Waals surface area (Å²) in [5.41, 5.74) is 1.01. The normalized spacial score (nSPS) is 19.3. The number of piperidine rings is 1. The standard InChI is InChI=1S/C19H30N4O2S/c1-2-20-19(21-14-16-6-7-16)22-15-17-8-10-18(11-9-17)26(24,25)23-12-4-3-5-13-23/h8-11,16H,2-7,12-15H2,1H3,(H2,20,21,22). The molecule has 2 aliphatic rings. The second-order valence-electron chi connectivity index (χ2n) is 7.13. The summed E-state index contributed by atoms with van der Waals surface area (Å²) in [5.74, 6) is 1.61. The Hall–Kier alpha value is -1.60. The minimum absolute atomic E-state index is 0.380. The van der Waals surface area contributed by atoms with E-state index in [2.05, 4.69) is 22.5 Å². The number of sulfonamides is 1. The van der Waals surface area contributed by atoms with E-state index in [9.17, 15) is 8.42 Å². The summed E-state index contributed by atoms with van der Waals surface area (Å²) in [4.78, 5) is 4.98. The molecule has 1 aliphatic heterocycles. The molecule has 1 saturated carbocycles. The number of aliphatic imine (C=N–C) groups is 1. The molecule has 2 N–H and O–H groups in total. The zero-order valence-electron chi connectivity index (χ0n) is 15.6. The van der Waals surface area contributed by atoms with E-state index < -0.39 is 10.0 Å². The molecule has 1 aliphatic carbocycles. The van der Waals surface area contributed by atoms with Crippen LogP contribution in [0.3, 0.4) is 0 Å². The quantitative estimate of drug-likeness (QED) is 0.564. The van der Waals surface area contributed by atoms with Crippen molar-refractivity contribution in [1.29, 1.82) is 0 Å². The average molecular weight is 379 g/mol. The topological polar surface area (TPSA) is 73.8 Å². The molecular weight excluding hydrogens is 348 g/mol. The number of rotatable bonds is 7.